The lowest BCUT2D eigenvalue weighted by Crippen LogP contribution is -2.40. The van der Waals surface area contributed by atoms with E-state index in [0.717, 1.165) is 6.42 Å². The largest absolute Gasteiger partial charge is 0.461 e. The number of hydrogen-bond acceptors (Lipinski definition) is 4. The van der Waals surface area contributed by atoms with Gasteiger partial charge in [0.2, 0.25) is 5.91 Å². The van der Waals surface area contributed by atoms with Gasteiger partial charge in [-0.1, -0.05) is 27.5 Å². The SMILES string of the molecule is O=C(Nc1ccc(Oc2ccc(Cl)cc2)cc1)[C@@H]1[C@H]2C[C@H]3[C@H](OC(=O)[C@H]31)[C@H]2Br. The summed E-state index contributed by atoms with van der Waals surface area (Å²) in [4.78, 5) is 25.2. The van der Waals surface area contributed by atoms with E-state index in [-0.39, 0.29) is 46.5 Å². The zero-order valence-electron chi connectivity index (χ0n) is 14.7. The van der Waals surface area contributed by atoms with Crippen molar-refractivity contribution in [1.29, 1.82) is 0 Å². The molecular formula is C21H17BrClNO4. The summed E-state index contributed by atoms with van der Waals surface area (Å²) in [7, 11) is 0. The Hall–Kier alpha value is -2.05. The number of fused-ring (bicyclic) bond motifs is 1. The molecule has 2 aromatic carbocycles. The predicted octanol–water partition coefficient (Wildman–Crippen LogP) is 4.64. The van der Waals surface area contributed by atoms with E-state index >= 15 is 0 Å². The number of halogens is 2. The first-order valence-corrected chi connectivity index (χ1v) is 10.5. The lowest BCUT2D eigenvalue weighted by atomic mass is 9.79. The van der Waals surface area contributed by atoms with Crippen molar-refractivity contribution in [2.24, 2.45) is 23.7 Å². The van der Waals surface area contributed by atoms with Gasteiger partial charge in [0.15, 0.2) is 0 Å². The number of ether oxygens (including phenoxy) is 2. The van der Waals surface area contributed by atoms with Gasteiger partial charge in [0, 0.05) is 16.6 Å². The van der Waals surface area contributed by atoms with Crippen molar-refractivity contribution in [3.05, 3.63) is 53.6 Å². The highest BCUT2D eigenvalue weighted by atomic mass is 79.9. The van der Waals surface area contributed by atoms with Crippen molar-refractivity contribution in [2.75, 3.05) is 5.32 Å². The lowest BCUT2D eigenvalue weighted by molar-refractivity contribution is -0.145. The van der Waals surface area contributed by atoms with Crippen LogP contribution in [0.4, 0.5) is 5.69 Å². The summed E-state index contributed by atoms with van der Waals surface area (Å²) in [5, 5.41) is 3.60. The van der Waals surface area contributed by atoms with E-state index in [4.69, 9.17) is 21.1 Å². The maximum absolute atomic E-state index is 12.9. The van der Waals surface area contributed by atoms with E-state index in [1.807, 2.05) is 0 Å². The minimum Gasteiger partial charge on any atom is -0.461 e. The molecule has 1 aliphatic heterocycles. The monoisotopic (exact) mass is 461 g/mol. The Labute approximate surface area is 175 Å². The summed E-state index contributed by atoms with van der Waals surface area (Å²) in [6.45, 7) is 0. The van der Waals surface area contributed by atoms with Gasteiger partial charge in [0.1, 0.15) is 17.6 Å². The van der Waals surface area contributed by atoms with Crippen molar-refractivity contribution < 1.29 is 19.1 Å². The van der Waals surface area contributed by atoms with E-state index in [0.29, 0.717) is 22.2 Å². The third-order valence-electron chi connectivity index (χ3n) is 6.00. The fraction of sp³-hybridized carbons (Fsp3) is 0.333. The van der Waals surface area contributed by atoms with Gasteiger partial charge in [-0.15, -0.1) is 0 Å². The molecule has 28 heavy (non-hydrogen) atoms. The molecule has 2 saturated carbocycles. The molecule has 6 atom stereocenters. The second-order valence-corrected chi connectivity index (χ2v) is 9.02. The topological polar surface area (TPSA) is 64.6 Å². The molecule has 2 bridgehead atoms. The van der Waals surface area contributed by atoms with Crippen LogP contribution in [-0.4, -0.2) is 22.8 Å². The Morgan fingerprint density at radius 2 is 1.71 bits per heavy atom. The number of carbonyl (C=O) groups is 2. The number of hydrogen-bond donors (Lipinski definition) is 1. The summed E-state index contributed by atoms with van der Waals surface area (Å²) in [6.07, 6.45) is 0.791. The molecule has 5 nitrogen and oxygen atoms in total. The van der Waals surface area contributed by atoms with Crippen LogP contribution in [0.1, 0.15) is 6.42 Å². The number of benzene rings is 2. The Balaban J connectivity index is 1.27. The maximum Gasteiger partial charge on any atom is 0.310 e. The van der Waals surface area contributed by atoms with Gasteiger partial charge in [0.05, 0.1) is 16.7 Å². The Morgan fingerprint density at radius 1 is 1.07 bits per heavy atom. The molecule has 0 spiro atoms. The number of amides is 1. The zero-order valence-corrected chi connectivity index (χ0v) is 17.0. The molecule has 1 heterocycles. The summed E-state index contributed by atoms with van der Waals surface area (Å²) in [5.41, 5.74) is 0.672. The van der Waals surface area contributed by atoms with Gasteiger partial charge in [-0.3, -0.25) is 9.59 Å². The number of nitrogens with one attached hydrogen (secondary N) is 1. The first kappa shape index (κ1) is 18.0. The summed E-state index contributed by atoms with van der Waals surface area (Å²) in [5.74, 6) is 0.634. The molecule has 0 aromatic heterocycles. The van der Waals surface area contributed by atoms with E-state index in [9.17, 15) is 9.59 Å². The quantitative estimate of drug-likeness (QED) is 0.531. The van der Waals surface area contributed by atoms with E-state index in [1.165, 1.54) is 0 Å². The van der Waals surface area contributed by atoms with Gasteiger partial charge >= 0.3 is 5.97 Å². The Kier molecular flexibility index (Phi) is 4.36. The first-order valence-electron chi connectivity index (χ1n) is 9.20. The van der Waals surface area contributed by atoms with Crippen LogP contribution in [0.25, 0.3) is 0 Å². The van der Waals surface area contributed by atoms with Crippen molar-refractivity contribution >= 4 is 45.1 Å². The fourth-order valence-corrected chi connectivity index (χ4v) is 5.97. The van der Waals surface area contributed by atoms with Crippen LogP contribution in [0.2, 0.25) is 5.02 Å². The van der Waals surface area contributed by atoms with Crippen molar-refractivity contribution in [1.82, 2.24) is 0 Å². The van der Waals surface area contributed by atoms with Crippen LogP contribution in [0, 0.1) is 23.7 Å². The molecule has 1 saturated heterocycles. The molecule has 144 valence electrons. The van der Waals surface area contributed by atoms with Crippen molar-refractivity contribution in [2.45, 2.75) is 17.4 Å². The smallest absolute Gasteiger partial charge is 0.310 e. The highest BCUT2D eigenvalue weighted by molar-refractivity contribution is 9.09. The van der Waals surface area contributed by atoms with Crippen LogP contribution >= 0.6 is 27.5 Å². The highest BCUT2D eigenvalue weighted by Gasteiger charge is 2.67. The molecule has 2 aromatic rings. The molecule has 1 amide bonds. The minimum atomic E-state index is -0.342. The average Bonchev–Trinajstić information content (AvgIpc) is 3.29. The molecule has 7 heteroatoms. The van der Waals surface area contributed by atoms with Gasteiger partial charge in [-0.05, 0) is 60.9 Å². The van der Waals surface area contributed by atoms with Crippen LogP contribution < -0.4 is 10.1 Å². The van der Waals surface area contributed by atoms with Gasteiger partial charge in [-0.2, -0.15) is 0 Å². The molecule has 3 fully saturated rings. The van der Waals surface area contributed by atoms with Crippen molar-refractivity contribution in [3.8, 4) is 11.5 Å². The highest BCUT2D eigenvalue weighted by Crippen LogP contribution is 2.60. The van der Waals surface area contributed by atoms with Crippen molar-refractivity contribution in [3.63, 3.8) is 0 Å². The zero-order chi connectivity index (χ0) is 19.4. The molecule has 5 rings (SSSR count). The van der Waals surface area contributed by atoms with Gasteiger partial charge in [-0.25, -0.2) is 0 Å². The third-order valence-corrected chi connectivity index (χ3v) is 7.45. The second-order valence-electron chi connectivity index (χ2n) is 7.53. The van der Waals surface area contributed by atoms with Gasteiger partial charge in [0.25, 0.3) is 0 Å². The summed E-state index contributed by atoms with van der Waals surface area (Å²) >= 11 is 9.51. The normalized spacial score (nSPS) is 32.3. The van der Waals surface area contributed by atoms with Crippen LogP contribution in [0.15, 0.2) is 48.5 Å². The first-order chi connectivity index (χ1) is 13.5. The number of rotatable bonds is 4. The molecule has 0 unspecified atom stereocenters. The number of carbonyl (C=O) groups excluding carboxylic acids is 2. The predicted molar refractivity (Wildman–Crippen MR) is 108 cm³/mol. The second kappa shape index (κ2) is 6.78. The number of anilines is 1. The van der Waals surface area contributed by atoms with Crippen LogP contribution in [0.3, 0.4) is 0 Å². The Morgan fingerprint density at radius 3 is 2.39 bits per heavy atom. The molecule has 0 radical (unpaired) electrons. The maximum atomic E-state index is 12.9. The molecular weight excluding hydrogens is 446 g/mol. The van der Waals surface area contributed by atoms with E-state index < -0.39 is 0 Å². The minimum absolute atomic E-state index is 0.0612. The molecule has 1 N–H and O–H groups in total. The number of esters is 1. The van der Waals surface area contributed by atoms with E-state index in [2.05, 4.69) is 21.2 Å². The fourth-order valence-electron chi connectivity index (χ4n) is 4.80. The van der Waals surface area contributed by atoms with E-state index in [1.54, 1.807) is 48.5 Å². The lowest BCUT2D eigenvalue weighted by Gasteiger charge is -2.27. The molecule has 2 aliphatic carbocycles. The third kappa shape index (κ3) is 2.90. The summed E-state index contributed by atoms with van der Waals surface area (Å²) < 4.78 is 11.2. The summed E-state index contributed by atoms with van der Waals surface area (Å²) in [6, 6.07) is 14.3. The Bertz CT molecular complexity index is 932. The van der Waals surface area contributed by atoms with Gasteiger partial charge < -0.3 is 14.8 Å². The molecule has 3 aliphatic rings. The van der Waals surface area contributed by atoms with Crippen LogP contribution in [0.5, 0.6) is 11.5 Å². The average molecular weight is 463 g/mol. The number of alkyl halides is 1. The standard InChI is InChI=1S/C21H17BrClNO4/c22-18-14-9-15-17(21(26)28-19(15)18)16(14)20(25)24-11-3-7-13(8-4-11)27-12-5-1-10(23)2-6-12/h1-8,14-19H,9H2,(H,24,25)/t14-,15-,16-,17-,18+,19+/m1/s1. The van der Waals surface area contributed by atoms with Crippen LogP contribution in [-0.2, 0) is 14.3 Å².